The van der Waals surface area contributed by atoms with Gasteiger partial charge in [-0.2, -0.15) is 0 Å². The highest BCUT2D eigenvalue weighted by Crippen LogP contribution is 2.11. The summed E-state index contributed by atoms with van der Waals surface area (Å²) in [6, 6.07) is 20.3. The van der Waals surface area contributed by atoms with Crippen molar-refractivity contribution in [3.05, 3.63) is 83.9 Å². The minimum absolute atomic E-state index is 0.0369. The Balaban J connectivity index is 1.81. The third-order valence-corrected chi connectivity index (χ3v) is 4.06. The number of nitrogens with zero attached hydrogens (tertiary/aromatic N) is 1. The molecule has 0 fully saturated rings. The lowest BCUT2D eigenvalue weighted by atomic mass is 10.1. The zero-order valence-corrected chi connectivity index (χ0v) is 16.3. The summed E-state index contributed by atoms with van der Waals surface area (Å²) in [6.45, 7) is 7.23. The molecule has 2 rings (SSSR count). The fourth-order valence-corrected chi connectivity index (χ4v) is 2.63. The monoisotopic (exact) mass is 381 g/mol. The van der Waals surface area contributed by atoms with Gasteiger partial charge in [0.25, 0.3) is 0 Å². The van der Waals surface area contributed by atoms with Gasteiger partial charge in [0.15, 0.2) is 0 Å². The number of hydrogen-bond acceptors (Lipinski definition) is 5. The van der Waals surface area contributed by atoms with Crippen LogP contribution in [0, 0.1) is 0 Å². The van der Waals surface area contributed by atoms with Crippen LogP contribution in [-0.4, -0.2) is 36.6 Å². The van der Waals surface area contributed by atoms with Crippen molar-refractivity contribution in [1.29, 1.82) is 0 Å². The normalized spacial score (nSPS) is 10.5. The van der Waals surface area contributed by atoms with Gasteiger partial charge >= 0.3 is 11.9 Å². The molecule has 0 saturated heterocycles. The van der Waals surface area contributed by atoms with Crippen LogP contribution in [0.15, 0.2) is 72.8 Å². The molecule has 0 spiro atoms. The summed E-state index contributed by atoms with van der Waals surface area (Å²) in [7, 11) is 0. The smallest absolute Gasteiger partial charge is 0.333 e. The Morgan fingerprint density at radius 3 is 1.86 bits per heavy atom. The first-order chi connectivity index (χ1) is 13.5. The summed E-state index contributed by atoms with van der Waals surface area (Å²) in [5.41, 5.74) is 2.71. The maximum Gasteiger partial charge on any atom is 0.333 e. The zero-order valence-electron chi connectivity index (χ0n) is 16.3. The molecule has 0 atom stereocenters. The largest absolute Gasteiger partial charge is 0.462 e. The Kier molecular flexibility index (Phi) is 8.95. The fraction of sp³-hybridized carbons (Fsp3) is 0.304. The highest BCUT2D eigenvalue weighted by molar-refractivity contribution is 5.86. The number of esters is 2. The molecule has 148 valence electrons. The molecule has 0 aliphatic rings. The van der Waals surface area contributed by atoms with Crippen LogP contribution in [0.2, 0.25) is 0 Å². The topological polar surface area (TPSA) is 55.8 Å². The molecule has 0 aliphatic carbocycles. The van der Waals surface area contributed by atoms with Gasteiger partial charge in [0.05, 0.1) is 6.42 Å². The van der Waals surface area contributed by atoms with E-state index in [4.69, 9.17) is 9.47 Å². The van der Waals surface area contributed by atoms with Crippen LogP contribution in [0.25, 0.3) is 0 Å². The van der Waals surface area contributed by atoms with Gasteiger partial charge in [0.1, 0.15) is 13.2 Å². The van der Waals surface area contributed by atoms with E-state index in [1.54, 1.807) is 6.92 Å². The average Bonchev–Trinajstić information content (AvgIpc) is 2.70. The number of benzene rings is 2. The molecular formula is C23H27NO4. The average molecular weight is 381 g/mol. The van der Waals surface area contributed by atoms with E-state index in [-0.39, 0.29) is 25.6 Å². The molecule has 0 radical (unpaired) electrons. The third-order valence-electron chi connectivity index (χ3n) is 4.06. The van der Waals surface area contributed by atoms with Crippen molar-refractivity contribution in [2.24, 2.45) is 0 Å². The van der Waals surface area contributed by atoms with Crippen molar-refractivity contribution < 1.29 is 19.1 Å². The molecule has 0 amide bonds. The zero-order chi connectivity index (χ0) is 20.2. The van der Waals surface area contributed by atoms with Crippen molar-refractivity contribution in [3.8, 4) is 0 Å². The highest BCUT2D eigenvalue weighted by Gasteiger charge is 2.11. The van der Waals surface area contributed by atoms with Gasteiger partial charge in [-0.3, -0.25) is 9.69 Å². The Bertz CT molecular complexity index is 717. The van der Waals surface area contributed by atoms with E-state index in [0.717, 1.165) is 13.1 Å². The second-order valence-electron chi connectivity index (χ2n) is 6.57. The maximum absolute atomic E-state index is 12.0. The van der Waals surface area contributed by atoms with E-state index in [0.29, 0.717) is 12.1 Å². The summed E-state index contributed by atoms with van der Waals surface area (Å²) in [5.74, 6) is -0.787. The molecule has 0 aromatic heterocycles. The Hall–Kier alpha value is -2.92. The highest BCUT2D eigenvalue weighted by atomic mass is 16.6. The summed E-state index contributed by atoms with van der Waals surface area (Å²) in [5, 5.41) is 0. The van der Waals surface area contributed by atoms with Gasteiger partial charge in [-0.15, -0.1) is 0 Å². The molecule has 0 saturated carbocycles. The van der Waals surface area contributed by atoms with Crippen molar-refractivity contribution in [1.82, 2.24) is 4.90 Å². The molecule has 2 aromatic carbocycles. The van der Waals surface area contributed by atoms with E-state index in [9.17, 15) is 9.59 Å². The van der Waals surface area contributed by atoms with Crippen LogP contribution >= 0.6 is 0 Å². The lowest BCUT2D eigenvalue weighted by Crippen LogP contribution is -2.26. The summed E-state index contributed by atoms with van der Waals surface area (Å²) in [4.78, 5) is 25.5. The summed E-state index contributed by atoms with van der Waals surface area (Å²) >= 11 is 0. The molecule has 5 heteroatoms. The molecule has 0 N–H and O–H groups in total. The van der Waals surface area contributed by atoms with Crippen LogP contribution in [0.3, 0.4) is 0 Å². The number of hydrogen-bond donors (Lipinski definition) is 0. The van der Waals surface area contributed by atoms with Gasteiger partial charge in [0.2, 0.25) is 0 Å². The first-order valence-corrected chi connectivity index (χ1v) is 9.33. The number of rotatable bonds is 11. The fourth-order valence-electron chi connectivity index (χ4n) is 2.63. The molecule has 0 aliphatic heterocycles. The number of ether oxygens (including phenoxy) is 2. The van der Waals surface area contributed by atoms with Crippen LogP contribution in [-0.2, 0) is 32.2 Å². The van der Waals surface area contributed by atoms with Crippen molar-refractivity contribution in [2.45, 2.75) is 26.4 Å². The van der Waals surface area contributed by atoms with E-state index in [1.807, 2.05) is 36.4 Å². The molecule has 0 unspecified atom stereocenters. The van der Waals surface area contributed by atoms with Gasteiger partial charge in [-0.25, -0.2) is 4.79 Å². The Morgan fingerprint density at radius 1 is 0.857 bits per heavy atom. The lowest BCUT2D eigenvalue weighted by Gasteiger charge is -2.22. The third kappa shape index (κ3) is 8.18. The minimum atomic E-state index is -0.479. The number of carbonyl (C=O) groups is 2. The van der Waals surface area contributed by atoms with Crippen molar-refractivity contribution in [2.75, 3.05) is 19.8 Å². The van der Waals surface area contributed by atoms with Crippen molar-refractivity contribution in [3.63, 3.8) is 0 Å². The van der Waals surface area contributed by atoms with Gasteiger partial charge < -0.3 is 9.47 Å². The van der Waals surface area contributed by atoms with E-state index in [2.05, 4.69) is 35.7 Å². The quantitative estimate of drug-likeness (QED) is 0.337. The van der Waals surface area contributed by atoms with Crippen molar-refractivity contribution >= 4 is 11.9 Å². The molecule has 5 nitrogen and oxygen atoms in total. The van der Waals surface area contributed by atoms with Crippen LogP contribution in [0.4, 0.5) is 0 Å². The molecule has 28 heavy (non-hydrogen) atoms. The number of carbonyl (C=O) groups excluding carboxylic acids is 2. The van der Waals surface area contributed by atoms with Crippen LogP contribution in [0.5, 0.6) is 0 Å². The first-order valence-electron chi connectivity index (χ1n) is 9.33. The summed E-state index contributed by atoms with van der Waals surface area (Å²) in [6.07, 6.45) is 0.272. The minimum Gasteiger partial charge on any atom is -0.462 e. The SMILES string of the molecule is C=C(C)C(=O)OCCOC(=O)CCN(Cc1ccccc1)Cc1ccccc1. The molecule has 0 heterocycles. The van der Waals surface area contributed by atoms with Gasteiger partial charge in [-0.05, 0) is 18.1 Å². The second kappa shape index (κ2) is 11.7. The van der Waals surface area contributed by atoms with Crippen LogP contribution < -0.4 is 0 Å². The van der Waals surface area contributed by atoms with E-state index < -0.39 is 5.97 Å². The van der Waals surface area contributed by atoms with E-state index >= 15 is 0 Å². The van der Waals surface area contributed by atoms with Crippen LogP contribution in [0.1, 0.15) is 24.5 Å². The Morgan fingerprint density at radius 2 is 1.36 bits per heavy atom. The second-order valence-corrected chi connectivity index (χ2v) is 6.57. The van der Waals surface area contributed by atoms with Gasteiger partial charge in [0, 0.05) is 25.2 Å². The summed E-state index contributed by atoms with van der Waals surface area (Å²) < 4.78 is 10.1. The predicted molar refractivity (Wildman–Crippen MR) is 108 cm³/mol. The lowest BCUT2D eigenvalue weighted by molar-refractivity contribution is -0.150. The maximum atomic E-state index is 12.0. The standard InChI is InChI=1S/C23H27NO4/c1-19(2)23(26)28-16-15-27-22(25)13-14-24(17-20-9-5-3-6-10-20)18-21-11-7-4-8-12-21/h3-12H,1,13-18H2,2H3. The molecule has 2 aromatic rings. The predicted octanol–water partition coefficient (Wildman–Crippen LogP) is 3.74. The van der Waals surface area contributed by atoms with E-state index in [1.165, 1.54) is 11.1 Å². The molecular weight excluding hydrogens is 354 g/mol. The van der Waals surface area contributed by atoms with Gasteiger partial charge in [-0.1, -0.05) is 67.2 Å². The Labute approximate surface area is 166 Å². The first kappa shape index (κ1) is 21.4. The molecule has 0 bridgehead atoms.